The van der Waals surface area contributed by atoms with E-state index < -0.39 is 12.3 Å². The summed E-state index contributed by atoms with van der Waals surface area (Å²) in [6.07, 6.45) is -3.67. The SMILES string of the molecule is O=C(O)O.O=C(O)O.OCCNCCO.OCCNCCO. The molecule has 0 radical (unpaired) electrons. The fraction of sp³-hybridized carbons (Fsp3) is 0.800. The first kappa shape index (κ1) is 28.5. The molecule has 0 spiro atoms. The molecule has 0 unspecified atom stereocenters. The summed E-state index contributed by atoms with van der Waals surface area (Å²) < 4.78 is 0. The normalized spacial score (nSPS) is 8.18. The Morgan fingerprint density at radius 2 is 0.682 bits per heavy atom. The van der Waals surface area contributed by atoms with E-state index in [9.17, 15) is 0 Å². The lowest BCUT2D eigenvalue weighted by Crippen LogP contribution is -2.21. The standard InChI is InChI=1S/2C4H11NO2.2CH2O3/c2*6-3-1-5-2-4-7;2*2-1(3)4/h2*5-7H,1-4H2;2*(H2,2,3,4). The predicted molar refractivity (Wildman–Crippen MR) is 75.4 cm³/mol. The smallest absolute Gasteiger partial charge is 0.450 e. The van der Waals surface area contributed by atoms with Crippen LogP contribution in [0.3, 0.4) is 0 Å². The summed E-state index contributed by atoms with van der Waals surface area (Å²) in [6.45, 7) is 2.84. The van der Waals surface area contributed by atoms with Crippen LogP contribution in [0.2, 0.25) is 0 Å². The molecule has 0 atom stereocenters. The van der Waals surface area contributed by atoms with Crippen molar-refractivity contribution in [1.82, 2.24) is 10.6 Å². The van der Waals surface area contributed by atoms with Crippen molar-refractivity contribution < 1.29 is 50.4 Å². The third-order valence-electron chi connectivity index (χ3n) is 1.15. The minimum Gasteiger partial charge on any atom is -0.450 e. The Hall–Kier alpha value is -1.70. The van der Waals surface area contributed by atoms with Gasteiger partial charge in [-0.2, -0.15) is 0 Å². The zero-order valence-electron chi connectivity index (χ0n) is 12.1. The third kappa shape index (κ3) is 138. The first-order valence-corrected chi connectivity index (χ1v) is 5.98. The number of aliphatic hydroxyl groups is 4. The highest BCUT2D eigenvalue weighted by Crippen LogP contribution is 1.54. The number of nitrogens with one attached hydrogen (secondary N) is 2. The predicted octanol–water partition coefficient (Wildman–Crippen LogP) is -2.43. The Bertz CT molecular complexity index is 180. The Balaban J connectivity index is -0.000000102. The summed E-state index contributed by atoms with van der Waals surface area (Å²) in [5.74, 6) is 0. The third-order valence-corrected chi connectivity index (χ3v) is 1.15. The summed E-state index contributed by atoms with van der Waals surface area (Å²) in [4.78, 5) is 17.1. The van der Waals surface area contributed by atoms with Gasteiger partial charge >= 0.3 is 12.3 Å². The van der Waals surface area contributed by atoms with Gasteiger partial charge in [0.25, 0.3) is 0 Å². The number of hydrogen-bond acceptors (Lipinski definition) is 8. The number of aliphatic hydroxyl groups excluding tert-OH is 4. The van der Waals surface area contributed by atoms with Crippen molar-refractivity contribution in [1.29, 1.82) is 0 Å². The van der Waals surface area contributed by atoms with Crippen LogP contribution >= 0.6 is 0 Å². The summed E-state index contributed by atoms with van der Waals surface area (Å²) in [5, 5.41) is 66.1. The van der Waals surface area contributed by atoms with Gasteiger partial charge < -0.3 is 51.5 Å². The fourth-order valence-corrected chi connectivity index (χ4v) is 0.566. The van der Waals surface area contributed by atoms with Crippen molar-refractivity contribution >= 4 is 12.3 Å². The molecular formula is C10H26N2O10. The highest BCUT2D eigenvalue weighted by molar-refractivity contribution is 5.53. The van der Waals surface area contributed by atoms with Gasteiger partial charge in [-0.1, -0.05) is 0 Å². The van der Waals surface area contributed by atoms with Crippen LogP contribution in [0.5, 0.6) is 0 Å². The van der Waals surface area contributed by atoms with Crippen molar-refractivity contribution in [3.05, 3.63) is 0 Å². The largest absolute Gasteiger partial charge is 0.503 e. The molecule has 0 amide bonds. The van der Waals surface area contributed by atoms with Gasteiger partial charge in [0, 0.05) is 26.2 Å². The second kappa shape index (κ2) is 31.6. The van der Waals surface area contributed by atoms with Crippen LogP contribution in [0.15, 0.2) is 0 Å². The molecule has 0 rings (SSSR count). The first-order valence-electron chi connectivity index (χ1n) is 5.98. The summed E-state index contributed by atoms with van der Waals surface area (Å²) in [5.41, 5.74) is 0. The maximum Gasteiger partial charge on any atom is 0.503 e. The Morgan fingerprint density at radius 1 is 0.545 bits per heavy atom. The molecule has 0 saturated carbocycles. The molecule has 0 heterocycles. The van der Waals surface area contributed by atoms with Gasteiger partial charge in [0.15, 0.2) is 0 Å². The van der Waals surface area contributed by atoms with Gasteiger partial charge in [-0.25, -0.2) is 9.59 Å². The lowest BCUT2D eigenvalue weighted by molar-refractivity contribution is 0.135. The van der Waals surface area contributed by atoms with Gasteiger partial charge in [0.2, 0.25) is 0 Å². The van der Waals surface area contributed by atoms with Gasteiger partial charge in [-0.05, 0) is 0 Å². The van der Waals surface area contributed by atoms with E-state index in [-0.39, 0.29) is 26.4 Å². The van der Waals surface area contributed by atoms with Crippen LogP contribution in [0.1, 0.15) is 0 Å². The van der Waals surface area contributed by atoms with Crippen LogP contribution in [0, 0.1) is 0 Å². The summed E-state index contributed by atoms with van der Waals surface area (Å²) >= 11 is 0. The molecule has 0 aliphatic heterocycles. The van der Waals surface area contributed by atoms with Crippen molar-refractivity contribution in [2.45, 2.75) is 0 Å². The molecule has 0 saturated heterocycles. The molecule has 0 bridgehead atoms. The lowest BCUT2D eigenvalue weighted by atomic mass is 10.6. The number of carboxylic acid groups (broad SMARTS) is 4. The second-order valence-electron chi connectivity index (χ2n) is 2.96. The van der Waals surface area contributed by atoms with Gasteiger partial charge in [0.1, 0.15) is 0 Å². The Morgan fingerprint density at radius 3 is 0.773 bits per heavy atom. The van der Waals surface area contributed by atoms with Crippen molar-refractivity contribution in [2.24, 2.45) is 0 Å². The highest BCUT2D eigenvalue weighted by atomic mass is 16.6. The first-order chi connectivity index (χ1) is 10.3. The average Bonchev–Trinajstić information content (AvgIpc) is 2.39. The van der Waals surface area contributed by atoms with E-state index in [1.54, 1.807) is 0 Å². The van der Waals surface area contributed by atoms with Crippen molar-refractivity contribution in [3.8, 4) is 0 Å². The minimum atomic E-state index is -1.83. The number of hydrogen-bond donors (Lipinski definition) is 10. The maximum absolute atomic E-state index is 8.56. The highest BCUT2D eigenvalue weighted by Gasteiger charge is 1.78. The van der Waals surface area contributed by atoms with Gasteiger partial charge in [-0.3, -0.25) is 0 Å². The summed E-state index contributed by atoms with van der Waals surface area (Å²) in [7, 11) is 0. The van der Waals surface area contributed by atoms with E-state index in [1.165, 1.54) is 0 Å². The van der Waals surface area contributed by atoms with Crippen LogP contribution in [0.4, 0.5) is 9.59 Å². The second-order valence-corrected chi connectivity index (χ2v) is 2.96. The molecule has 136 valence electrons. The van der Waals surface area contributed by atoms with Crippen LogP contribution in [0.25, 0.3) is 0 Å². The lowest BCUT2D eigenvalue weighted by Gasteiger charge is -1.94. The quantitative estimate of drug-likeness (QED) is 0.209. The van der Waals surface area contributed by atoms with Crippen LogP contribution < -0.4 is 10.6 Å². The van der Waals surface area contributed by atoms with E-state index in [1.807, 2.05) is 0 Å². The van der Waals surface area contributed by atoms with Crippen LogP contribution in [-0.4, -0.2) is 106 Å². The van der Waals surface area contributed by atoms with E-state index in [0.717, 1.165) is 0 Å². The Kier molecular flexibility index (Phi) is 40.9. The monoisotopic (exact) mass is 334 g/mol. The number of rotatable bonds is 8. The van der Waals surface area contributed by atoms with E-state index in [2.05, 4.69) is 10.6 Å². The van der Waals surface area contributed by atoms with Gasteiger partial charge in [0.05, 0.1) is 26.4 Å². The zero-order chi connectivity index (χ0) is 18.2. The molecule has 12 heteroatoms. The van der Waals surface area contributed by atoms with Crippen molar-refractivity contribution in [2.75, 3.05) is 52.6 Å². The molecular weight excluding hydrogens is 308 g/mol. The Labute approximate surface area is 127 Å². The average molecular weight is 334 g/mol. The van der Waals surface area contributed by atoms with Crippen molar-refractivity contribution in [3.63, 3.8) is 0 Å². The molecule has 0 aliphatic rings. The minimum absolute atomic E-state index is 0.139. The molecule has 22 heavy (non-hydrogen) atoms. The van der Waals surface area contributed by atoms with E-state index in [0.29, 0.717) is 26.2 Å². The van der Waals surface area contributed by atoms with Crippen LogP contribution in [-0.2, 0) is 0 Å². The molecule has 0 aromatic carbocycles. The molecule has 10 N–H and O–H groups in total. The number of carbonyl (C=O) groups is 2. The van der Waals surface area contributed by atoms with E-state index in [4.69, 9.17) is 50.4 Å². The molecule has 12 nitrogen and oxygen atoms in total. The van der Waals surface area contributed by atoms with Gasteiger partial charge in [-0.15, -0.1) is 0 Å². The zero-order valence-corrected chi connectivity index (χ0v) is 12.1. The molecule has 0 aliphatic carbocycles. The topological polar surface area (TPSA) is 220 Å². The van der Waals surface area contributed by atoms with E-state index >= 15 is 0 Å². The maximum atomic E-state index is 8.56. The summed E-state index contributed by atoms with van der Waals surface area (Å²) in [6, 6.07) is 0. The molecule has 0 fully saturated rings. The molecule has 0 aromatic heterocycles. The molecule has 0 aromatic rings. The fourth-order valence-electron chi connectivity index (χ4n) is 0.566.